The number of nitrogens with one attached hydrogen (secondary N) is 2. The number of hydrogen-bond acceptors (Lipinski definition) is 4. The lowest BCUT2D eigenvalue weighted by Gasteiger charge is -2.28. The zero-order valence-corrected chi connectivity index (χ0v) is 12.1. The summed E-state index contributed by atoms with van der Waals surface area (Å²) in [5.41, 5.74) is -0.900. The monoisotopic (exact) mass is 278 g/mol. The lowest BCUT2D eigenvalue weighted by molar-refractivity contribution is -0.151. The first-order chi connectivity index (χ1) is 8.03. The van der Waals surface area contributed by atoms with Gasteiger partial charge in [0.2, 0.25) is 5.91 Å². The number of carbonyl (C=O) groups excluding carboxylic acids is 2. The van der Waals surface area contributed by atoms with Gasteiger partial charge in [0.1, 0.15) is 5.54 Å². The molecule has 1 aliphatic rings. The van der Waals surface area contributed by atoms with Crippen LogP contribution in [0.1, 0.15) is 33.1 Å². The summed E-state index contributed by atoms with van der Waals surface area (Å²) in [4.78, 5) is 23.7. The fourth-order valence-corrected chi connectivity index (χ4v) is 2.19. The largest absolute Gasteiger partial charge is 0.467 e. The minimum Gasteiger partial charge on any atom is -0.467 e. The number of ether oxygens (including phenoxy) is 1. The maximum Gasteiger partial charge on any atom is 0.331 e. The number of halogens is 1. The molecular weight excluding hydrogens is 256 g/mol. The van der Waals surface area contributed by atoms with E-state index in [0.717, 1.165) is 19.4 Å². The molecule has 0 radical (unpaired) electrons. The highest BCUT2D eigenvalue weighted by molar-refractivity contribution is 5.88. The van der Waals surface area contributed by atoms with Gasteiger partial charge in [-0.15, -0.1) is 12.4 Å². The van der Waals surface area contributed by atoms with Crippen molar-refractivity contribution in [1.29, 1.82) is 0 Å². The van der Waals surface area contributed by atoms with Gasteiger partial charge in [0, 0.05) is 6.54 Å². The number of methoxy groups -OCH3 is 1. The molecule has 1 amide bonds. The highest BCUT2D eigenvalue weighted by Crippen LogP contribution is 2.17. The molecule has 2 N–H and O–H groups in total. The standard InChI is InChI=1S/C12H22N2O3.ClH/c1-4-6-12(2,11(16)17-3)14-10(15)9-5-7-13-8-9;/h9,13H,4-8H2,1-3H3,(H,14,15);1H. The second kappa shape index (κ2) is 7.59. The first kappa shape index (κ1) is 17.2. The summed E-state index contributed by atoms with van der Waals surface area (Å²) in [5.74, 6) is -0.467. The van der Waals surface area contributed by atoms with E-state index in [0.29, 0.717) is 13.0 Å². The summed E-state index contributed by atoms with van der Waals surface area (Å²) in [7, 11) is 1.35. The molecule has 0 aromatic heterocycles. The molecule has 106 valence electrons. The molecule has 0 aromatic carbocycles. The van der Waals surface area contributed by atoms with Crippen molar-refractivity contribution < 1.29 is 14.3 Å². The van der Waals surface area contributed by atoms with Crippen molar-refractivity contribution in [2.45, 2.75) is 38.6 Å². The van der Waals surface area contributed by atoms with Gasteiger partial charge in [0.05, 0.1) is 13.0 Å². The van der Waals surface area contributed by atoms with Crippen molar-refractivity contribution in [3.8, 4) is 0 Å². The minimum atomic E-state index is -0.900. The summed E-state index contributed by atoms with van der Waals surface area (Å²) in [6, 6.07) is 0. The highest BCUT2D eigenvalue weighted by atomic mass is 35.5. The Morgan fingerprint density at radius 3 is 2.61 bits per heavy atom. The van der Waals surface area contributed by atoms with Gasteiger partial charge in [-0.25, -0.2) is 4.79 Å². The van der Waals surface area contributed by atoms with Crippen LogP contribution in [-0.2, 0) is 14.3 Å². The molecular formula is C12H23ClN2O3. The van der Waals surface area contributed by atoms with Crippen LogP contribution in [0.5, 0.6) is 0 Å². The molecule has 0 spiro atoms. The average molecular weight is 279 g/mol. The lowest BCUT2D eigenvalue weighted by atomic mass is 9.94. The molecule has 1 saturated heterocycles. The number of carbonyl (C=O) groups is 2. The van der Waals surface area contributed by atoms with E-state index in [1.165, 1.54) is 7.11 Å². The van der Waals surface area contributed by atoms with E-state index >= 15 is 0 Å². The molecule has 0 aliphatic carbocycles. The summed E-state index contributed by atoms with van der Waals surface area (Å²) >= 11 is 0. The van der Waals surface area contributed by atoms with Crippen LogP contribution in [0.2, 0.25) is 0 Å². The highest BCUT2D eigenvalue weighted by Gasteiger charge is 2.37. The topological polar surface area (TPSA) is 67.4 Å². The van der Waals surface area contributed by atoms with Crippen molar-refractivity contribution >= 4 is 24.3 Å². The van der Waals surface area contributed by atoms with Gasteiger partial charge in [-0.2, -0.15) is 0 Å². The summed E-state index contributed by atoms with van der Waals surface area (Å²) < 4.78 is 4.76. The van der Waals surface area contributed by atoms with E-state index in [4.69, 9.17) is 4.74 Å². The number of rotatable bonds is 5. The van der Waals surface area contributed by atoms with E-state index in [-0.39, 0.29) is 30.2 Å². The summed E-state index contributed by atoms with van der Waals surface area (Å²) in [5, 5.41) is 5.97. The Morgan fingerprint density at radius 1 is 1.50 bits per heavy atom. The van der Waals surface area contributed by atoms with Crippen LogP contribution in [0.25, 0.3) is 0 Å². The van der Waals surface area contributed by atoms with Crippen LogP contribution in [0.15, 0.2) is 0 Å². The van der Waals surface area contributed by atoms with E-state index < -0.39 is 5.54 Å². The molecule has 2 unspecified atom stereocenters. The Balaban J connectivity index is 0.00000289. The Labute approximate surface area is 114 Å². The molecule has 2 atom stereocenters. The van der Waals surface area contributed by atoms with Crippen LogP contribution in [0.3, 0.4) is 0 Å². The second-order valence-electron chi connectivity index (χ2n) is 4.75. The summed E-state index contributed by atoms with van der Waals surface area (Å²) in [6.07, 6.45) is 2.23. The van der Waals surface area contributed by atoms with Crippen molar-refractivity contribution in [1.82, 2.24) is 10.6 Å². The maximum atomic E-state index is 12.0. The van der Waals surface area contributed by atoms with E-state index in [2.05, 4.69) is 10.6 Å². The van der Waals surface area contributed by atoms with E-state index in [1.54, 1.807) is 6.92 Å². The van der Waals surface area contributed by atoms with Crippen molar-refractivity contribution in [2.75, 3.05) is 20.2 Å². The van der Waals surface area contributed by atoms with E-state index in [9.17, 15) is 9.59 Å². The normalized spacial score (nSPS) is 21.6. The molecule has 5 nitrogen and oxygen atoms in total. The summed E-state index contributed by atoms with van der Waals surface area (Å²) in [6.45, 7) is 5.25. The van der Waals surface area contributed by atoms with Crippen LogP contribution in [-0.4, -0.2) is 37.6 Å². The van der Waals surface area contributed by atoms with Gasteiger partial charge < -0.3 is 15.4 Å². The molecule has 1 fully saturated rings. The Morgan fingerprint density at radius 2 is 2.17 bits per heavy atom. The first-order valence-electron chi connectivity index (χ1n) is 6.14. The SMILES string of the molecule is CCCC(C)(NC(=O)C1CCNC1)C(=O)OC.Cl. The molecule has 18 heavy (non-hydrogen) atoms. The van der Waals surface area contributed by atoms with Gasteiger partial charge in [0.25, 0.3) is 0 Å². The Hall–Kier alpha value is -0.810. The van der Waals surface area contributed by atoms with Gasteiger partial charge in [-0.1, -0.05) is 13.3 Å². The molecule has 0 aromatic rings. The first-order valence-corrected chi connectivity index (χ1v) is 6.14. The fraction of sp³-hybridized carbons (Fsp3) is 0.833. The third-order valence-electron chi connectivity index (χ3n) is 3.22. The van der Waals surface area contributed by atoms with Gasteiger partial charge in [-0.05, 0) is 26.3 Å². The smallest absolute Gasteiger partial charge is 0.331 e. The molecule has 6 heteroatoms. The van der Waals surface area contributed by atoms with E-state index in [1.807, 2.05) is 6.92 Å². The third kappa shape index (κ3) is 4.14. The fourth-order valence-electron chi connectivity index (χ4n) is 2.19. The van der Waals surface area contributed by atoms with Gasteiger partial charge in [0.15, 0.2) is 0 Å². The minimum absolute atomic E-state index is 0. The molecule has 1 heterocycles. The predicted molar refractivity (Wildman–Crippen MR) is 71.7 cm³/mol. The van der Waals surface area contributed by atoms with Crippen molar-refractivity contribution in [3.05, 3.63) is 0 Å². The molecule has 1 rings (SSSR count). The quantitative estimate of drug-likeness (QED) is 0.732. The Bertz CT molecular complexity index is 293. The molecule has 0 saturated carbocycles. The Kier molecular flexibility index (Phi) is 7.25. The number of amides is 1. The second-order valence-corrected chi connectivity index (χ2v) is 4.75. The number of esters is 1. The average Bonchev–Trinajstić information content (AvgIpc) is 2.81. The lowest BCUT2D eigenvalue weighted by Crippen LogP contribution is -2.54. The zero-order valence-electron chi connectivity index (χ0n) is 11.2. The van der Waals surface area contributed by atoms with Gasteiger partial charge >= 0.3 is 5.97 Å². The number of hydrogen-bond donors (Lipinski definition) is 2. The molecule has 0 bridgehead atoms. The van der Waals surface area contributed by atoms with Crippen LogP contribution >= 0.6 is 12.4 Å². The predicted octanol–water partition coefficient (Wildman–Crippen LogP) is 0.866. The van der Waals surface area contributed by atoms with Crippen molar-refractivity contribution in [2.24, 2.45) is 5.92 Å². The van der Waals surface area contributed by atoms with Gasteiger partial charge in [-0.3, -0.25) is 4.79 Å². The third-order valence-corrected chi connectivity index (χ3v) is 3.22. The van der Waals surface area contributed by atoms with Crippen LogP contribution < -0.4 is 10.6 Å². The van der Waals surface area contributed by atoms with Crippen LogP contribution in [0, 0.1) is 5.92 Å². The van der Waals surface area contributed by atoms with Crippen molar-refractivity contribution in [3.63, 3.8) is 0 Å². The molecule has 1 aliphatic heterocycles. The zero-order chi connectivity index (χ0) is 12.9. The maximum absolute atomic E-state index is 12.0. The van der Waals surface area contributed by atoms with Crippen LogP contribution in [0.4, 0.5) is 0 Å².